The third kappa shape index (κ3) is 3.54. The Bertz CT molecular complexity index is 542. The van der Waals surface area contributed by atoms with Crippen molar-refractivity contribution in [1.82, 2.24) is 10.2 Å². The Morgan fingerprint density at radius 3 is 2.81 bits per heavy atom. The highest BCUT2D eigenvalue weighted by molar-refractivity contribution is 5.76. The SMILES string of the molecule is CCC(=O)NC(C)c1ccc2c(c1)CN(C(=O)OC)CC2. The van der Waals surface area contributed by atoms with Crippen LogP contribution in [0.15, 0.2) is 18.2 Å². The van der Waals surface area contributed by atoms with Crippen LogP contribution in [0.5, 0.6) is 0 Å². The summed E-state index contributed by atoms with van der Waals surface area (Å²) in [5.41, 5.74) is 3.44. The average molecular weight is 290 g/mol. The lowest BCUT2D eigenvalue weighted by Crippen LogP contribution is -2.36. The molecule has 1 aromatic rings. The smallest absolute Gasteiger partial charge is 0.409 e. The van der Waals surface area contributed by atoms with Gasteiger partial charge in [-0.05, 0) is 30.0 Å². The number of rotatable bonds is 3. The molecular formula is C16H22N2O3. The van der Waals surface area contributed by atoms with Crippen LogP contribution in [0.2, 0.25) is 0 Å². The molecule has 1 aliphatic heterocycles. The molecule has 0 saturated carbocycles. The summed E-state index contributed by atoms with van der Waals surface area (Å²) in [6.45, 7) is 5.05. The molecule has 114 valence electrons. The van der Waals surface area contributed by atoms with Crippen molar-refractivity contribution in [3.05, 3.63) is 34.9 Å². The van der Waals surface area contributed by atoms with Crippen LogP contribution in [0.25, 0.3) is 0 Å². The van der Waals surface area contributed by atoms with Gasteiger partial charge in [0.2, 0.25) is 5.91 Å². The highest BCUT2D eigenvalue weighted by Crippen LogP contribution is 2.23. The van der Waals surface area contributed by atoms with E-state index in [1.807, 2.05) is 19.9 Å². The quantitative estimate of drug-likeness (QED) is 0.930. The molecule has 2 amide bonds. The van der Waals surface area contributed by atoms with Crippen LogP contribution >= 0.6 is 0 Å². The van der Waals surface area contributed by atoms with E-state index >= 15 is 0 Å². The molecule has 1 N–H and O–H groups in total. The molecule has 0 spiro atoms. The number of ether oxygens (including phenoxy) is 1. The molecule has 1 heterocycles. The standard InChI is InChI=1S/C16H22N2O3/c1-4-15(19)17-11(2)13-6-5-12-7-8-18(16(20)21-3)10-14(12)9-13/h5-6,9,11H,4,7-8,10H2,1-3H3,(H,17,19). The fraction of sp³-hybridized carbons (Fsp3) is 0.500. The van der Waals surface area contributed by atoms with Crippen LogP contribution in [0, 0.1) is 0 Å². The van der Waals surface area contributed by atoms with Crippen LogP contribution in [0.4, 0.5) is 4.79 Å². The summed E-state index contributed by atoms with van der Waals surface area (Å²) in [5, 5.41) is 2.95. The fourth-order valence-electron chi connectivity index (χ4n) is 2.56. The number of amides is 2. The van der Waals surface area contributed by atoms with Crippen molar-refractivity contribution in [2.75, 3.05) is 13.7 Å². The van der Waals surface area contributed by atoms with Crippen LogP contribution in [-0.4, -0.2) is 30.6 Å². The number of fused-ring (bicyclic) bond motifs is 1. The van der Waals surface area contributed by atoms with Crippen molar-refractivity contribution in [1.29, 1.82) is 0 Å². The summed E-state index contributed by atoms with van der Waals surface area (Å²) < 4.78 is 4.78. The summed E-state index contributed by atoms with van der Waals surface area (Å²) in [4.78, 5) is 24.8. The predicted molar refractivity (Wildman–Crippen MR) is 79.8 cm³/mol. The van der Waals surface area contributed by atoms with E-state index in [0.29, 0.717) is 19.5 Å². The Hall–Kier alpha value is -2.04. The van der Waals surface area contributed by atoms with E-state index in [0.717, 1.165) is 17.5 Å². The van der Waals surface area contributed by atoms with Crippen molar-refractivity contribution in [2.45, 2.75) is 39.3 Å². The minimum atomic E-state index is -0.293. The number of nitrogens with zero attached hydrogens (tertiary/aromatic N) is 1. The van der Waals surface area contributed by atoms with Crippen molar-refractivity contribution >= 4 is 12.0 Å². The van der Waals surface area contributed by atoms with Crippen molar-refractivity contribution < 1.29 is 14.3 Å². The van der Waals surface area contributed by atoms with E-state index in [1.165, 1.54) is 12.7 Å². The second-order valence-corrected chi connectivity index (χ2v) is 5.31. The van der Waals surface area contributed by atoms with E-state index in [9.17, 15) is 9.59 Å². The highest BCUT2D eigenvalue weighted by Gasteiger charge is 2.22. The van der Waals surface area contributed by atoms with Crippen LogP contribution in [0.1, 0.15) is 43.0 Å². The van der Waals surface area contributed by atoms with E-state index in [2.05, 4.69) is 17.4 Å². The van der Waals surface area contributed by atoms with Gasteiger partial charge in [0.05, 0.1) is 13.2 Å². The molecule has 21 heavy (non-hydrogen) atoms. The number of benzene rings is 1. The Morgan fingerprint density at radius 2 is 2.14 bits per heavy atom. The van der Waals surface area contributed by atoms with Gasteiger partial charge in [0.15, 0.2) is 0 Å². The van der Waals surface area contributed by atoms with Gasteiger partial charge in [0.1, 0.15) is 0 Å². The highest BCUT2D eigenvalue weighted by atomic mass is 16.5. The Morgan fingerprint density at radius 1 is 1.38 bits per heavy atom. The van der Waals surface area contributed by atoms with Crippen LogP contribution in [-0.2, 0) is 22.5 Å². The maximum atomic E-state index is 11.6. The molecule has 1 unspecified atom stereocenters. The lowest BCUT2D eigenvalue weighted by molar-refractivity contribution is -0.121. The van der Waals surface area contributed by atoms with Gasteiger partial charge < -0.3 is 15.0 Å². The Balaban J connectivity index is 2.15. The largest absolute Gasteiger partial charge is 0.453 e. The maximum absolute atomic E-state index is 11.6. The van der Waals surface area contributed by atoms with Gasteiger partial charge in [-0.1, -0.05) is 25.1 Å². The van der Waals surface area contributed by atoms with E-state index in [4.69, 9.17) is 4.74 Å². The summed E-state index contributed by atoms with van der Waals surface area (Å²) in [6, 6.07) is 6.18. The summed E-state index contributed by atoms with van der Waals surface area (Å²) >= 11 is 0. The van der Waals surface area contributed by atoms with Gasteiger partial charge in [-0.3, -0.25) is 4.79 Å². The van der Waals surface area contributed by atoms with E-state index in [1.54, 1.807) is 4.90 Å². The second kappa shape index (κ2) is 6.61. The number of hydrogen-bond donors (Lipinski definition) is 1. The van der Waals surface area contributed by atoms with Gasteiger partial charge in [-0.25, -0.2) is 4.79 Å². The summed E-state index contributed by atoms with van der Waals surface area (Å²) in [6.07, 6.45) is 1.02. The first-order chi connectivity index (χ1) is 10.0. The topological polar surface area (TPSA) is 58.6 Å². The molecule has 5 nitrogen and oxygen atoms in total. The predicted octanol–water partition coefficient (Wildman–Crippen LogP) is 2.40. The molecule has 1 aromatic carbocycles. The maximum Gasteiger partial charge on any atom is 0.409 e. The van der Waals surface area contributed by atoms with Gasteiger partial charge in [-0.2, -0.15) is 0 Å². The minimum Gasteiger partial charge on any atom is -0.453 e. The molecular weight excluding hydrogens is 268 g/mol. The number of hydrogen-bond acceptors (Lipinski definition) is 3. The Labute approximate surface area is 125 Å². The molecule has 0 bridgehead atoms. The van der Waals surface area contributed by atoms with Crippen LogP contribution in [0.3, 0.4) is 0 Å². The Kier molecular flexibility index (Phi) is 4.83. The molecule has 0 aliphatic carbocycles. The monoisotopic (exact) mass is 290 g/mol. The number of carbonyl (C=O) groups excluding carboxylic acids is 2. The zero-order chi connectivity index (χ0) is 15.4. The van der Waals surface area contributed by atoms with Gasteiger partial charge in [0.25, 0.3) is 0 Å². The first-order valence-corrected chi connectivity index (χ1v) is 7.29. The van der Waals surface area contributed by atoms with Crippen molar-refractivity contribution in [2.24, 2.45) is 0 Å². The summed E-state index contributed by atoms with van der Waals surface area (Å²) in [7, 11) is 1.40. The number of carbonyl (C=O) groups is 2. The number of methoxy groups -OCH3 is 1. The molecule has 5 heteroatoms. The third-order valence-corrected chi connectivity index (χ3v) is 3.87. The third-order valence-electron chi connectivity index (χ3n) is 3.87. The van der Waals surface area contributed by atoms with Gasteiger partial charge in [-0.15, -0.1) is 0 Å². The molecule has 0 aromatic heterocycles. The fourth-order valence-corrected chi connectivity index (χ4v) is 2.56. The normalized spacial score (nSPS) is 15.1. The van der Waals surface area contributed by atoms with Gasteiger partial charge >= 0.3 is 6.09 Å². The lowest BCUT2D eigenvalue weighted by atomic mass is 9.95. The molecule has 2 rings (SSSR count). The minimum absolute atomic E-state index is 0.0312. The van der Waals surface area contributed by atoms with E-state index < -0.39 is 0 Å². The second-order valence-electron chi connectivity index (χ2n) is 5.31. The molecule has 1 atom stereocenters. The first-order valence-electron chi connectivity index (χ1n) is 7.29. The molecule has 0 radical (unpaired) electrons. The van der Waals surface area contributed by atoms with Crippen molar-refractivity contribution in [3.63, 3.8) is 0 Å². The summed E-state index contributed by atoms with van der Waals surface area (Å²) in [5.74, 6) is 0.0383. The number of nitrogens with one attached hydrogen (secondary N) is 1. The average Bonchev–Trinajstić information content (AvgIpc) is 2.52. The van der Waals surface area contributed by atoms with Gasteiger partial charge in [0, 0.05) is 19.5 Å². The molecule has 0 fully saturated rings. The van der Waals surface area contributed by atoms with Crippen LogP contribution < -0.4 is 5.32 Å². The molecule has 0 saturated heterocycles. The van der Waals surface area contributed by atoms with Crippen molar-refractivity contribution in [3.8, 4) is 0 Å². The molecule has 1 aliphatic rings. The lowest BCUT2D eigenvalue weighted by Gasteiger charge is -2.28. The zero-order valence-corrected chi connectivity index (χ0v) is 12.8. The zero-order valence-electron chi connectivity index (χ0n) is 12.8. The first kappa shape index (κ1) is 15.4. The van der Waals surface area contributed by atoms with E-state index in [-0.39, 0.29) is 18.0 Å².